The summed E-state index contributed by atoms with van der Waals surface area (Å²) in [7, 11) is 1.97. The van der Waals surface area contributed by atoms with Gasteiger partial charge in [0.1, 0.15) is 0 Å². The molecule has 0 unspecified atom stereocenters. The SMILES string of the molecule is CNCCc1ccc2c(c1)OC1(CCCC1)O2. The van der Waals surface area contributed by atoms with Crippen molar-refractivity contribution in [3.05, 3.63) is 23.8 Å². The van der Waals surface area contributed by atoms with Crippen LogP contribution in [-0.4, -0.2) is 19.4 Å². The van der Waals surface area contributed by atoms with Gasteiger partial charge in [-0.05, 0) is 50.6 Å². The molecule has 0 radical (unpaired) electrons. The molecule has 0 atom stereocenters. The number of likely N-dealkylation sites (N-methyl/N-ethyl adjacent to an activating group) is 1. The van der Waals surface area contributed by atoms with E-state index in [0.717, 1.165) is 37.3 Å². The number of ether oxygens (including phenoxy) is 2. The Hall–Kier alpha value is -1.22. The molecule has 17 heavy (non-hydrogen) atoms. The van der Waals surface area contributed by atoms with E-state index < -0.39 is 0 Å². The first kappa shape index (κ1) is 10.9. The molecule has 1 heterocycles. The molecule has 0 saturated heterocycles. The molecule has 92 valence electrons. The Morgan fingerprint density at radius 1 is 1.18 bits per heavy atom. The molecule has 3 rings (SSSR count). The zero-order chi connectivity index (χ0) is 11.7. The van der Waals surface area contributed by atoms with E-state index in [9.17, 15) is 0 Å². The minimum atomic E-state index is -0.329. The molecule has 1 aliphatic heterocycles. The third-order valence-electron chi connectivity index (χ3n) is 3.63. The standard InChI is InChI=1S/C14H19NO2/c1-15-9-6-11-4-5-12-13(10-11)17-14(16-12)7-2-3-8-14/h4-5,10,15H,2-3,6-9H2,1H3. The Morgan fingerprint density at radius 2 is 1.94 bits per heavy atom. The normalized spacial score (nSPS) is 20.1. The van der Waals surface area contributed by atoms with Crippen LogP contribution >= 0.6 is 0 Å². The fraction of sp³-hybridized carbons (Fsp3) is 0.571. The Morgan fingerprint density at radius 3 is 2.71 bits per heavy atom. The van der Waals surface area contributed by atoms with Crippen molar-refractivity contribution in [2.75, 3.05) is 13.6 Å². The Kier molecular flexibility index (Phi) is 2.71. The van der Waals surface area contributed by atoms with Gasteiger partial charge in [-0.2, -0.15) is 0 Å². The van der Waals surface area contributed by atoms with E-state index in [1.165, 1.54) is 18.4 Å². The van der Waals surface area contributed by atoms with Gasteiger partial charge in [-0.25, -0.2) is 0 Å². The lowest BCUT2D eigenvalue weighted by molar-refractivity contribution is -0.0716. The van der Waals surface area contributed by atoms with Crippen LogP contribution in [0.1, 0.15) is 31.2 Å². The lowest BCUT2D eigenvalue weighted by Gasteiger charge is -2.21. The number of rotatable bonds is 3. The van der Waals surface area contributed by atoms with E-state index in [1.807, 2.05) is 13.1 Å². The van der Waals surface area contributed by atoms with Gasteiger partial charge in [-0.15, -0.1) is 0 Å². The van der Waals surface area contributed by atoms with Gasteiger partial charge >= 0.3 is 0 Å². The van der Waals surface area contributed by atoms with Gasteiger partial charge in [0, 0.05) is 12.8 Å². The summed E-state index contributed by atoms with van der Waals surface area (Å²) in [6, 6.07) is 6.31. The fourth-order valence-corrected chi connectivity index (χ4v) is 2.68. The predicted octanol–water partition coefficient (Wildman–Crippen LogP) is 2.49. The van der Waals surface area contributed by atoms with Gasteiger partial charge < -0.3 is 14.8 Å². The van der Waals surface area contributed by atoms with Crippen molar-refractivity contribution < 1.29 is 9.47 Å². The molecule has 1 aliphatic carbocycles. The minimum Gasteiger partial charge on any atom is -0.448 e. The van der Waals surface area contributed by atoms with Gasteiger partial charge in [-0.3, -0.25) is 0 Å². The second-order valence-electron chi connectivity index (χ2n) is 4.96. The van der Waals surface area contributed by atoms with Crippen LogP contribution in [0.15, 0.2) is 18.2 Å². The van der Waals surface area contributed by atoms with Gasteiger partial charge in [-0.1, -0.05) is 6.07 Å². The molecule has 3 nitrogen and oxygen atoms in total. The highest BCUT2D eigenvalue weighted by atomic mass is 16.7. The summed E-state index contributed by atoms with van der Waals surface area (Å²) in [5.41, 5.74) is 1.30. The van der Waals surface area contributed by atoms with Gasteiger partial charge in [0.25, 0.3) is 5.79 Å². The van der Waals surface area contributed by atoms with E-state index in [4.69, 9.17) is 9.47 Å². The molecular weight excluding hydrogens is 214 g/mol. The maximum Gasteiger partial charge on any atom is 0.251 e. The van der Waals surface area contributed by atoms with E-state index in [-0.39, 0.29) is 5.79 Å². The fourth-order valence-electron chi connectivity index (χ4n) is 2.68. The monoisotopic (exact) mass is 233 g/mol. The number of hydrogen-bond donors (Lipinski definition) is 1. The maximum atomic E-state index is 6.03. The van der Waals surface area contributed by atoms with Crippen LogP contribution in [-0.2, 0) is 6.42 Å². The molecule has 1 N–H and O–H groups in total. The van der Waals surface area contributed by atoms with Crippen LogP contribution in [0.4, 0.5) is 0 Å². The van der Waals surface area contributed by atoms with Crippen molar-refractivity contribution in [3.63, 3.8) is 0 Å². The second-order valence-corrected chi connectivity index (χ2v) is 4.96. The van der Waals surface area contributed by atoms with Crippen LogP contribution < -0.4 is 14.8 Å². The van der Waals surface area contributed by atoms with Crippen molar-refractivity contribution >= 4 is 0 Å². The van der Waals surface area contributed by atoms with E-state index in [0.29, 0.717) is 0 Å². The number of benzene rings is 1. The first-order valence-electron chi connectivity index (χ1n) is 6.47. The van der Waals surface area contributed by atoms with Gasteiger partial charge in [0.05, 0.1) is 0 Å². The van der Waals surface area contributed by atoms with Crippen molar-refractivity contribution in [2.24, 2.45) is 0 Å². The topological polar surface area (TPSA) is 30.5 Å². The van der Waals surface area contributed by atoms with Crippen molar-refractivity contribution in [1.82, 2.24) is 5.32 Å². The Labute approximate surface area is 102 Å². The average Bonchev–Trinajstić information content (AvgIpc) is 2.92. The van der Waals surface area contributed by atoms with E-state index in [1.54, 1.807) is 0 Å². The highest BCUT2D eigenvalue weighted by molar-refractivity contribution is 5.46. The third-order valence-corrected chi connectivity index (χ3v) is 3.63. The van der Waals surface area contributed by atoms with Crippen LogP contribution in [0.5, 0.6) is 11.5 Å². The molecule has 0 amide bonds. The summed E-state index contributed by atoms with van der Waals surface area (Å²) in [5.74, 6) is 1.52. The molecule has 3 heteroatoms. The van der Waals surface area contributed by atoms with Gasteiger partial charge in [0.15, 0.2) is 11.5 Å². The smallest absolute Gasteiger partial charge is 0.251 e. The molecule has 1 saturated carbocycles. The average molecular weight is 233 g/mol. The maximum absolute atomic E-state index is 6.03. The largest absolute Gasteiger partial charge is 0.448 e. The highest BCUT2D eigenvalue weighted by Gasteiger charge is 2.43. The van der Waals surface area contributed by atoms with E-state index >= 15 is 0 Å². The molecule has 0 aromatic heterocycles. The van der Waals surface area contributed by atoms with Crippen molar-refractivity contribution in [1.29, 1.82) is 0 Å². The number of fused-ring (bicyclic) bond motifs is 1. The quantitative estimate of drug-likeness (QED) is 0.870. The number of nitrogens with one attached hydrogen (secondary N) is 1. The number of hydrogen-bond acceptors (Lipinski definition) is 3. The summed E-state index contributed by atoms with van der Waals surface area (Å²) in [5, 5.41) is 3.16. The molecule has 1 spiro atoms. The zero-order valence-corrected chi connectivity index (χ0v) is 10.3. The van der Waals surface area contributed by atoms with E-state index in [2.05, 4.69) is 17.4 Å². The van der Waals surface area contributed by atoms with Gasteiger partial charge in [0.2, 0.25) is 0 Å². The second kappa shape index (κ2) is 4.22. The summed E-state index contributed by atoms with van der Waals surface area (Å²) >= 11 is 0. The Balaban J connectivity index is 1.78. The highest BCUT2D eigenvalue weighted by Crippen LogP contribution is 2.46. The summed E-state index contributed by atoms with van der Waals surface area (Å²) in [6.07, 6.45) is 5.49. The van der Waals surface area contributed by atoms with Crippen molar-refractivity contribution in [3.8, 4) is 11.5 Å². The summed E-state index contributed by atoms with van der Waals surface area (Å²) in [6.45, 7) is 0.991. The minimum absolute atomic E-state index is 0.329. The molecular formula is C14H19NO2. The lowest BCUT2D eigenvalue weighted by Crippen LogP contribution is -2.34. The molecule has 1 aromatic rings. The molecule has 0 bridgehead atoms. The molecule has 1 fully saturated rings. The van der Waals surface area contributed by atoms with Crippen LogP contribution in [0.2, 0.25) is 0 Å². The zero-order valence-electron chi connectivity index (χ0n) is 10.3. The molecule has 1 aromatic carbocycles. The first-order valence-corrected chi connectivity index (χ1v) is 6.47. The van der Waals surface area contributed by atoms with Crippen molar-refractivity contribution in [2.45, 2.75) is 37.9 Å². The van der Waals surface area contributed by atoms with Crippen LogP contribution in [0.3, 0.4) is 0 Å². The first-order chi connectivity index (χ1) is 8.31. The molecule has 2 aliphatic rings. The summed E-state index contributed by atoms with van der Waals surface area (Å²) < 4.78 is 12.0. The third kappa shape index (κ3) is 2.00. The Bertz CT molecular complexity index is 411. The van der Waals surface area contributed by atoms with Crippen LogP contribution in [0, 0.1) is 0 Å². The summed E-state index contributed by atoms with van der Waals surface area (Å²) in [4.78, 5) is 0. The lowest BCUT2D eigenvalue weighted by atomic mass is 10.1. The van der Waals surface area contributed by atoms with Crippen LogP contribution in [0.25, 0.3) is 0 Å². The predicted molar refractivity (Wildman–Crippen MR) is 66.5 cm³/mol.